The summed E-state index contributed by atoms with van der Waals surface area (Å²) in [7, 11) is 0. The first kappa shape index (κ1) is 11.5. The lowest BCUT2D eigenvalue weighted by molar-refractivity contribution is -0.151. The van der Waals surface area contributed by atoms with Crippen molar-refractivity contribution in [2.24, 2.45) is 0 Å². The molecule has 0 aromatic heterocycles. The minimum absolute atomic E-state index is 0.121. The molecule has 1 fully saturated rings. The fraction of sp³-hybridized carbons (Fsp3) is 0.909. The maximum absolute atomic E-state index is 11.9. The molecule has 82 valence electrons. The van der Waals surface area contributed by atoms with Crippen LogP contribution in [0.5, 0.6) is 0 Å². The molecule has 0 saturated carbocycles. The third kappa shape index (κ3) is 2.47. The third-order valence-electron chi connectivity index (χ3n) is 2.88. The zero-order chi connectivity index (χ0) is 10.8. The van der Waals surface area contributed by atoms with Crippen molar-refractivity contribution in [3.63, 3.8) is 0 Å². The van der Waals surface area contributed by atoms with Crippen LogP contribution in [0.4, 0.5) is 0 Å². The zero-order valence-electron chi connectivity index (χ0n) is 9.42. The molecule has 3 heteroatoms. The van der Waals surface area contributed by atoms with Gasteiger partial charge in [0.05, 0.1) is 0 Å². The Morgan fingerprint density at radius 1 is 1.50 bits per heavy atom. The van der Waals surface area contributed by atoms with E-state index in [0.29, 0.717) is 6.04 Å². The van der Waals surface area contributed by atoms with Crippen molar-refractivity contribution >= 4 is 5.91 Å². The molecule has 1 aliphatic rings. The summed E-state index contributed by atoms with van der Waals surface area (Å²) in [4.78, 5) is 13.7. The molecule has 1 aliphatic heterocycles. The topological polar surface area (TPSA) is 40.5 Å². The molecular weight excluding hydrogens is 178 g/mol. The summed E-state index contributed by atoms with van der Waals surface area (Å²) in [6.07, 6.45) is 4.34. The van der Waals surface area contributed by atoms with Crippen LogP contribution in [0.15, 0.2) is 0 Å². The Morgan fingerprint density at radius 2 is 2.14 bits per heavy atom. The van der Waals surface area contributed by atoms with Crippen molar-refractivity contribution in [3.05, 3.63) is 0 Å². The summed E-state index contributed by atoms with van der Waals surface area (Å²) in [5.41, 5.74) is -1.22. The number of piperidine rings is 1. The van der Waals surface area contributed by atoms with Crippen molar-refractivity contribution < 1.29 is 9.90 Å². The maximum Gasteiger partial charge on any atom is 0.254 e. The quantitative estimate of drug-likeness (QED) is 0.733. The number of hydrogen-bond donors (Lipinski definition) is 1. The number of likely N-dealkylation sites (tertiary alicyclic amines) is 1. The van der Waals surface area contributed by atoms with E-state index in [0.717, 1.165) is 25.8 Å². The molecule has 1 saturated heterocycles. The highest BCUT2D eigenvalue weighted by Crippen LogP contribution is 2.22. The van der Waals surface area contributed by atoms with Crippen LogP contribution in [0.25, 0.3) is 0 Å². The van der Waals surface area contributed by atoms with E-state index in [-0.39, 0.29) is 5.91 Å². The Kier molecular flexibility index (Phi) is 3.53. The van der Waals surface area contributed by atoms with E-state index in [9.17, 15) is 9.90 Å². The van der Waals surface area contributed by atoms with Gasteiger partial charge in [-0.1, -0.05) is 6.92 Å². The first-order valence-electron chi connectivity index (χ1n) is 5.50. The molecule has 1 N–H and O–H groups in total. The lowest BCUT2D eigenvalue weighted by Gasteiger charge is -2.38. The van der Waals surface area contributed by atoms with Gasteiger partial charge >= 0.3 is 0 Å². The second-order valence-electron chi connectivity index (χ2n) is 4.62. The normalized spacial score (nSPS) is 23.7. The molecule has 3 nitrogen and oxygen atoms in total. The summed E-state index contributed by atoms with van der Waals surface area (Å²) in [5.74, 6) is -0.121. The van der Waals surface area contributed by atoms with Crippen molar-refractivity contribution in [2.45, 2.75) is 58.1 Å². The molecule has 0 bridgehead atoms. The first-order chi connectivity index (χ1) is 6.46. The van der Waals surface area contributed by atoms with Gasteiger partial charge in [-0.2, -0.15) is 0 Å². The smallest absolute Gasteiger partial charge is 0.254 e. The van der Waals surface area contributed by atoms with Crippen LogP contribution in [-0.4, -0.2) is 34.1 Å². The van der Waals surface area contributed by atoms with Gasteiger partial charge in [0.15, 0.2) is 0 Å². The van der Waals surface area contributed by atoms with Crippen LogP contribution in [-0.2, 0) is 4.79 Å². The number of rotatable bonds is 2. The van der Waals surface area contributed by atoms with Crippen LogP contribution in [0.3, 0.4) is 0 Å². The molecule has 1 unspecified atom stereocenters. The Balaban J connectivity index is 2.69. The number of carbonyl (C=O) groups excluding carboxylic acids is 1. The minimum Gasteiger partial charge on any atom is -0.381 e. The van der Waals surface area contributed by atoms with Gasteiger partial charge in [0.1, 0.15) is 5.60 Å². The lowest BCUT2D eigenvalue weighted by atomic mass is 9.97. The molecule has 0 aliphatic carbocycles. The highest BCUT2D eigenvalue weighted by atomic mass is 16.3. The second-order valence-corrected chi connectivity index (χ2v) is 4.62. The molecule has 14 heavy (non-hydrogen) atoms. The molecule has 1 heterocycles. The van der Waals surface area contributed by atoms with Gasteiger partial charge in [-0.15, -0.1) is 0 Å². The van der Waals surface area contributed by atoms with Crippen molar-refractivity contribution in [3.8, 4) is 0 Å². The van der Waals surface area contributed by atoms with Gasteiger partial charge in [0.2, 0.25) is 0 Å². The molecule has 0 aromatic carbocycles. The summed E-state index contributed by atoms with van der Waals surface area (Å²) in [6.45, 7) is 6.04. The van der Waals surface area contributed by atoms with Crippen molar-refractivity contribution in [1.29, 1.82) is 0 Å². The number of aliphatic hydroxyl groups is 1. The predicted octanol–water partition coefficient (Wildman–Crippen LogP) is 1.55. The Morgan fingerprint density at radius 3 is 2.64 bits per heavy atom. The fourth-order valence-corrected chi connectivity index (χ4v) is 2.04. The van der Waals surface area contributed by atoms with Gasteiger partial charge in [-0.3, -0.25) is 4.79 Å². The van der Waals surface area contributed by atoms with Crippen LogP contribution in [0.1, 0.15) is 46.5 Å². The van der Waals surface area contributed by atoms with Crippen LogP contribution >= 0.6 is 0 Å². The highest BCUT2D eigenvalue weighted by molar-refractivity contribution is 5.84. The van der Waals surface area contributed by atoms with E-state index in [1.165, 1.54) is 6.42 Å². The Labute approximate surface area is 86.1 Å². The zero-order valence-corrected chi connectivity index (χ0v) is 9.42. The van der Waals surface area contributed by atoms with E-state index in [2.05, 4.69) is 6.92 Å². The molecule has 1 atom stereocenters. The van der Waals surface area contributed by atoms with E-state index in [1.807, 2.05) is 4.90 Å². The van der Waals surface area contributed by atoms with E-state index in [1.54, 1.807) is 13.8 Å². The second kappa shape index (κ2) is 4.30. The van der Waals surface area contributed by atoms with Gasteiger partial charge < -0.3 is 10.0 Å². The number of amides is 1. The summed E-state index contributed by atoms with van der Waals surface area (Å²) < 4.78 is 0. The van der Waals surface area contributed by atoms with Crippen molar-refractivity contribution in [1.82, 2.24) is 4.90 Å². The average molecular weight is 199 g/mol. The maximum atomic E-state index is 11.9. The minimum atomic E-state index is -1.22. The van der Waals surface area contributed by atoms with Gasteiger partial charge in [-0.05, 0) is 39.5 Å². The van der Waals surface area contributed by atoms with Crippen molar-refractivity contribution in [2.75, 3.05) is 6.54 Å². The molecule has 0 spiro atoms. The number of hydrogen-bond acceptors (Lipinski definition) is 2. The summed E-state index contributed by atoms with van der Waals surface area (Å²) in [6, 6.07) is 0.336. The average Bonchev–Trinajstić information content (AvgIpc) is 2.15. The van der Waals surface area contributed by atoms with Crippen LogP contribution in [0.2, 0.25) is 0 Å². The molecule has 1 amide bonds. The first-order valence-corrected chi connectivity index (χ1v) is 5.50. The summed E-state index contributed by atoms with van der Waals surface area (Å²) in [5, 5.41) is 9.66. The molecular formula is C11H21NO2. The van der Waals surface area contributed by atoms with Crippen LogP contribution in [0, 0.1) is 0 Å². The molecule has 0 radical (unpaired) electrons. The van der Waals surface area contributed by atoms with Crippen LogP contribution < -0.4 is 0 Å². The van der Waals surface area contributed by atoms with Gasteiger partial charge in [0, 0.05) is 12.6 Å². The summed E-state index contributed by atoms with van der Waals surface area (Å²) >= 11 is 0. The number of nitrogens with zero attached hydrogens (tertiary/aromatic N) is 1. The highest BCUT2D eigenvalue weighted by Gasteiger charge is 2.34. The van der Waals surface area contributed by atoms with Gasteiger partial charge in [-0.25, -0.2) is 0 Å². The Hall–Kier alpha value is -0.570. The standard InChI is InChI=1S/C11H21NO2/c1-4-9-7-5-6-8-12(9)10(13)11(2,3)14/h9,14H,4-8H2,1-3H3. The Bertz CT molecular complexity index is 208. The van der Waals surface area contributed by atoms with Gasteiger partial charge in [0.25, 0.3) is 5.91 Å². The molecule has 1 rings (SSSR count). The van der Waals surface area contributed by atoms with E-state index in [4.69, 9.17) is 0 Å². The monoisotopic (exact) mass is 199 g/mol. The van der Waals surface area contributed by atoms with E-state index >= 15 is 0 Å². The fourth-order valence-electron chi connectivity index (χ4n) is 2.04. The molecule has 0 aromatic rings. The third-order valence-corrected chi connectivity index (χ3v) is 2.88. The largest absolute Gasteiger partial charge is 0.381 e. The van der Waals surface area contributed by atoms with E-state index < -0.39 is 5.60 Å². The predicted molar refractivity (Wildman–Crippen MR) is 55.9 cm³/mol. The lowest BCUT2D eigenvalue weighted by Crippen LogP contribution is -2.51. The SMILES string of the molecule is CCC1CCCCN1C(=O)C(C)(C)O. The number of carbonyl (C=O) groups is 1.